The molecule has 7 heteroatoms. The Kier molecular flexibility index (Phi) is 8.27. The molecule has 0 fully saturated rings. The number of furan rings is 1. The lowest BCUT2D eigenvalue weighted by Crippen LogP contribution is -2.52. The summed E-state index contributed by atoms with van der Waals surface area (Å²) in [6, 6.07) is 11.4. The Bertz CT molecular complexity index is 759. The Labute approximate surface area is 164 Å². The third-order valence-corrected chi connectivity index (χ3v) is 4.21. The molecule has 1 heterocycles. The normalized spacial score (nSPS) is 12.6. The van der Waals surface area contributed by atoms with E-state index in [4.69, 9.17) is 4.42 Å². The molecular weight excluding hydrogens is 358 g/mol. The van der Waals surface area contributed by atoms with Gasteiger partial charge in [0.2, 0.25) is 17.7 Å². The van der Waals surface area contributed by atoms with Gasteiger partial charge in [-0.25, -0.2) is 0 Å². The van der Waals surface area contributed by atoms with E-state index in [0.29, 0.717) is 12.2 Å². The van der Waals surface area contributed by atoms with Crippen molar-refractivity contribution >= 4 is 17.7 Å². The molecule has 2 atom stereocenters. The summed E-state index contributed by atoms with van der Waals surface area (Å²) >= 11 is 0. The summed E-state index contributed by atoms with van der Waals surface area (Å²) in [6.45, 7) is 3.78. The van der Waals surface area contributed by atoms with E-state index in [1.165, 1.54) is 6.26 Å². The fourth-order valence-corrected chi connectivity index (χ4v) is 2.70. The summed E-state index contributed by atoms with van der Waals surface area (Å²) in [5.74, 6) is -0.293. The van der Waals surface area contributed by atoms with E-state index < -0.39 is 12.1 Å². The molecule has 28 heavy (non-hydrogen) atoms. The third kappa shape index (κ3) is 6.90. The van der Waals surface area contributed by atoms with Gasteiger partial charge in [0.25, 0.3) is 0 Å². The Morgan fingerprint density at radius 3 is 2.39 bits per heavy atom. The number of rotatable bonds is 10. The monoisotopic (exact) mass is 385 g/mol. The third-order valence-electron chi connectivity index (χ3n) is 4.21. The standard InChI is InChI=1S/C21H27N3O4/c1-3-8-18(24-19(25)13-16-9-5-4-6-10-16)21(27)23-15(2)20(26)22-14-17-11-7-12-28-17/h4-7,9-12,15,18H,3,8,13-14H2,1-2H3,(H,22,26)(H,23,27)(H,24,25). The highest BCUT2D eigenvalue weighted by atomic mass is 16.3. The van der Waals surface area contributed by atoms with Crippen LogP contribution in [0, 0.1) is 0 Å². The van der Waals surface area contributed by atoms with Crippen LogP contribution in [-0.4, -0.2) is 29.8 Å². The molecule has 1 aromatic heterocycles. The van der Waals surface area contributed by atoms with Crippen LogP contribution >= 0.6 is 0 Å². The number of benzene rings is 1. The first-order valence-electron chi connectivity index (χ1n) is 9.43. The van der Waals surface area contributed by atoms with Gasteiger partial charge >= 0.3 is 0 Å². The highest BCUT2D eigenvalue weighted by Crippen LogP contribution is 2.03. The maximum atomic E-state index is 12.5. The van der Waals surface area contributed by atoms with Gasteiger partial charge in [-0.2, -0.15) is 0 Å². The van der Waals surface area contributed by atoms with Crippen molar-refractivity contribution < 1.29 is 18.8 Å². The van der Waals surface area contributed by atoms with Gasteiger partial charge in [-0.05, 0) is 31.0 Å². The molecular formula is C21H27N3O4. The quantitative estimate of drug-likeness (QED) is 0.582. The number of carbonyl (C=O) groups is 3. The second-order valence-electron chi connectivity index (χ2n) is 6.60. The summed E-state index contributed by atoms with van der Waals surface area (Å²) < 4.78 is 5.16. The van der Waals surface area contributed by atoms with Crippen molar-refractivity contribution in [3.63, 3.8) is 0 Å². The maximum absolute atomic E-state index is 12.5. The summed E-state index contributed by atoms with van der Waals surface area (Å²) in [5, 5.41) is 8.13. The van der Waals surface area contributed by atoms with Gasteiger partial charge in [-0.15, -0.1) is 0 Å². The van der Waals surface area contributed by atoms with Gasteiger partial charge in [0.05, 0.1) is 19.2 Å². The fourth-order valence-electron chi connectivity index (χ4n) is 2.70. The Morgan fingerprint density at radius 2 is 1.75 bits per heavy atom. The molecule has 2 aromatic rings. The minimum absolute atomic E-state index is 0.202. The van der Waals surface area contributed by atoms with Crippen LogP contribution in [-0.2, 0) is 27.3 Å². The van der Waals surface area contributed by atoms with E-state index in [1.54, 1.807) is 19.1 Å². The zero-order valence-corrected chi connectivity index (χ0v) is 16.2. The lowest BCUT2D eigenvalue weighted by Gasteiger charge is -2.21. The number of amides is 3. The first kappa shape index (κ1) is 21.2. The molecule has 150 valence electrons. The second-order valence-corrected chi connectivity index (χ2v) is 6.60. The largest absolute Gasteiger partial charge is 0.467 e. The Hall–Kier alpha value is -3.09. The van der Waals surface area contributed by atoms with Crippen LogP contribution in [0.25, 0.3) is 0 Å². The molecule has 0 aliphatic rings. The van der Waals surface area contributed by atoms with Crippen molar-refractivity contribution in [1.82, 2.24) is 16.0 Å². The molecule has 0 aliphatic heterocycles. The SMILES string of the molecule is CCCC(NC(=O)Cc1ccccc1)C(=O)NC(C)C(=O)NCc1ccco1. The summed E-state index contributed by atoms with van der Waals surface area (Å²) in [6.07, 6.45) is 2.95. The van der Waals surface area contributed by atoms with Gasteiger partial charge in [-0.3, -0.25) is 14.4 Å². The van der Waals surface area contributed by atoms with Crippen LogP contribution in [0.5, 0.6) is 0 Å². The van der Waals surface area contributed by atoms with Crippen LogP contribution < -0.4 is 16.0 Å². The van der Waals surface area contributed by atoms with Crippen LogP contribution in [0.15, 0.2) is 53.1 Å². The zero-order valence-electron chi connectivity index (χ0n) is 16.2. The fraction of sp³-hybridized carbons (Fsp3) is 0.381. The molecule has 3 amide bonds. The Morgan fingerprint density at radius 1 is 1.00 bits per heavy atom. The van der Waals surface area contributed by atoms with E-state index in [1.807, 2.05) is 37.3 Å². The van der Waals surface area contributed by atoms with E-state index in [9.17, 15) is 14.4 Å². The van der Waals surface area contributed by atoms with E-state index in [2.05, 4.69) is 16.0 Å². The molecule has 0 aliphatic carbocycles. The topological polar surface area (TPSA) is 100 Å². The van der Waals surface area contributed by atoms with Crippen molar-refractivity contribution in [3.8, 4) is 0 Å². The lowest BCUT2D eigenvalue weighted by molar-refractivity contribution is -0.131. The van der Waals surface area contributed by atoms with Crippen molar-refractivity contribution in [2.24, 2.45) is 0 Å². The van der Waals surface area contributed by atoms with Gasteiger partial charge < -0.3 is 20.4 Å². The zero-order chi connectivity index (χ0) is 20.4. The number of hydrogen-bond donors (Lipinski definition) is 3. The van der Waals surface area contributed by atoms with Gasteiger partial charge in [0, 0.05) is 0 Å². The van der Waals surface area contributed by atoms with E-state index in [-0.39, 0.29) is 30.7 Å². The predicted octanol–water partition coefficient (Wildman–Crippen LogP) is 1.93. The van der Waals surface area contributed by atoms with Gasteiger partial charge in [-0.1, -0.05) is 43.7 Å². The van der Waals surface area contributed by atoms with Gasteiger partial charge in [0.1, 0.15) is 17.8 Å². The molecule has 0 bridgehead atoms. The summed E-state index contributed by atoms with van der Waals surface area (Å²) in [5.41, 5.74) is 0.876. The second kappa shape index (κ2) is 10.9. The van der Waals surface area contributed by atoms with Crippen LogP contribution in [0.2, 0.25) is 0 Å². The van der Waals surface area contributed by atoms with Crippen LogP contribution in [0.3, 0.4) is 0 Å². The van der Waals surface area contributed by atoms with Gasteiger partial charge in [0.15, 0.2) is 0 Å². The number of carbonyl (C=O) groups excluding carboxylic acids is 3. The first-order chi connectivity index (χ1) is 13.5. The van der Waals surface area contributed by atoms with Crippen molar-refractivity contribution in [1.29, 1.82) is 0 Å². The molecule has 0 radical (unpaired) electrons. The van der Waals surface area contributed by atoms with Crippen LogP contribution in [0.4, 0.5) is 0 Å². The molecule has 3 N–H and O–H groups in total. The number of hydrogen-bond acceptors (Lipinski definition) is 4. The molecule has 7 nitrogen and oxygen atoms in total. The van der Waals surface area contributed by atoms with Crippen molar-refractivity contribution in [3.05, 3.63) is 60.1 Å². The molecule has 0 spiro atoms. The number of nitrogens with one attached hydrogen (secondary N) is 3. The molecule has 2 unspecified atom stereocenters. The van der Waals surface area contributed by atoms with Crippen molar-refractivity contribution in [2.75, 3.05) is 0 Å². The Balaban J connectivity index is 1.84. The summed E-state index contributed by atoms with van der Waals surface area (Å²) in [4.78, 5) is 37.0. The van der Waals surface area contributed by atoms with E-state index >= 15 is 0 Å². The molecule has 0 saturated heterocycles. The average molecular weight is 385 g/mol. The minimum atomic E-state index is -0.729. The lowest BCUT2D eigenvalue weighted by atomic mass is 10.1. The first-order valence-corrected chi connectivity index (χ1v) is 9.43. The van der Waals surface area contributed by atoms with Crippen molar-refractivity contribution in [2.45, 2.75) is 51.7 Å². The average Bonchev–Trinajstić information content (AvgIpc) is 3.20. The maximum Gasteiger partial charge on any atom is 0.243 e. The highest BCUT2D eigenvalue weighted by Gasteiger charge is 2.23. The predicted molar refractivity (Wildman–Crippen MR) is 105 cm³/mol. The molecule has 0 saturated carbocycles. The van der Waals surface area contributed by atoms with Crippen LogP contribution in [0.1, 0.15) is 38.0 Å². The van der Waals surface area contributed by atoms with E-state index in [0.717, 1.165) is 12.0 Å². The molecule has 2 rings (SSSR count). The smallest absolute Gasteiger partial charge is 0.243 e. The summed E-state index contributed by atoms with van der Waals surface area (Å²) in [7, 11) is 0. The molecule has 1 aromatic carbocycles. The minimum Gasteiger partial charge on any atom is -0.467 e. The highest BCUT2D eigenvalue weighted by molar-refractivity contribution is 5.92.